The lowest BCUT2D eigenvalue weighted by atomic mass is 10.2. The largest absolute Gasteiger partial charge is 0.385 e. The molecule has 5 nitrogen and oxygen atoms in total. The van der Waals surface area contributed by atoms with Crippen LogP contribution in [0.2, 0.25) is 0 Å². The number of amides is 1. The number of carbonyl (C=O) groups excluding carboxylic acids is 1. The fourth-order valence-electron chi connectivity index (χ4n) is 0.723. The lowest BCUT2D eigenvalue weighted by Gasteiger charge is -1.99. The molecule has 1 heterocycles. The van der Waals surface area contributed by atoms with Gasteiger partial charge in [-0.1, -0.05) is 0 Å². The monoisotopic (exact) mass is 171 g/mol. The molecular weight excluding hydrogens is 165 g/mol. The predicted molar refractivity (Wildman–Crippen MR) is 40.0 cm³/mol. The molecule has 0 spiro atoms. The van der Waals surface area contributed by atoms with Gasteiger partial charge in [0, 0.05) is 0 Å². The van der Waals surface area contributed by atoms with E-state index in [1.165, 1.54) is 0 Å². The van der Waals surface area contributed by atoms with Gasteiger partial charge in [0.25, 0.3) is 11.5 Å². The molecule has 0 aliphatic carbocycles. The zero-order chi connectivity index (χ0) is 9.30. The SMILES string of the molecule is NC(=O)c1cc(F)c(=O)[nH]c1N. The Morgan fingerprint density at radius 3 is 2.67 bits per heavy atom. The number of primary amides is 1. The van der Waals surface area contributed by atoms with Crippen LogP contribution >= 0.6 is 0 Å². The highest BCUT2D eigenvalue weighted by atomic mass is 19.1. The molecule has 0 unspecified atom stereocenters. The van der Waals surface area contributed by atoms with Crippen LogP contribution in [-0.4, -0.2) is 10.9 Å². The third kappa shape index (κ3) is 1.26. The van der Waals surface area contributed by atoms with Gasteiger partial charge in [0.05, 0.1) is 5.56 Å². The normalized spacial score (nSPS) is 9.75. The Bertz CT molecular complexity index is 385. The summed E-state index contributed by atoms with van der Waals surface area (Å²) in [5, 5.41) is 0. The van der Waals surface area contributed by atoms with E-state index in [0.29, 0.717) is 6.07 Å². The molecule has 5 N–H and O–H groups in total. The Kier molecular flexibility index (Phi) is 1.82. The Hall–Kier alpha value is -1.85. The quantitative estimate of drug-likeness (QED) is 0.515. The molecule has 6 heteroatoms. The van der Waals surface area contributed by atoms with Crippen LogP contribution < -0.4 is 17.0 Å². The summed E-state index contributed by atoms with van der Waals surface area (Å²) >= 11 is 0. The molecule has 64 valence electrons. The van der Waals surface area contributed by atoms with E-state index in [1.54, 1.807) is 0 Å². The number of halogens is 1. The number of carbonyl (C=O) groups is 1. The third-order valence-electron chi connectivity index (χ3n) is 1.29. The highest BCUT2D eigenvalue weighted by molar-refractivity contribution is 5.96. The van der Waals surface area contributed by atoms with E-state index in [-0.39, 0.29) is 11.4 Å². The van der Waals surface area contributed by atoms with Crippen molar-refractivity contribution < 1.29 is 9.18 Å². The van der Waals surface area contributed by atoms with Crippen LogP contribution in [0.1, 0.15) is 10.4 Å². The van der Waals surface area contributed by atoms with Crippen molar-refractivity contribution in [3.63, 3.8) is 0 Å². The van der Waals surface area contributed by atoms with Gasteiger partial charge in [0.1, 0.15) is 5.82 Å². The first-order valence-corrected chi connectivity index (χ1v) is 3.00. The zero-order valence-electron chi connectivity index (χ0n) is 5.93. The smallest absolute Gasteiger partial charge is 0.285 e. The Morgan fingerprint density at radius 1 is 1.58 bits per heavy atom. The molecule has 1 amide bonds. The number of aromatic nitrogens is 1. The van der Waals surface area contributed by atoms with E-state index < -0.39 is 17.3 Å². The topological polar surface area (TPSA) is 102 Å². The Balaban J connectivity index is 3.43. The van der Waals surface area contributed by atoms with Crippen LogP contribution in [0.3, 0.4) is 0 Å². The molecule has 12 heavy (non-hydrogen) atoms. The van der Waals surface area contributed by atoms with E-state index in [1.807, 2.05) is 4.98 Å². The number of H-pyrrole nitrogens is 1. The van der Waals surface area contributed by atoms with Gasteiger partial charge in [-0.25, -0.2) is 4.39 Å². The number of rotatable bonds is 1. The summed E-state index contributed by atoms with van der Waals surface area (Å²) in [6, 6.07) is 0.705. The summed E-state index contributed by atoms with van der Waals surface area (Å²) in [6.45, 7) is 0. The van der Waals surface area contributed by atoms with E-state index in [4.69, 9.17) is 11.5 Å². The number of pyridine rings is 1. The van der Waals surface area contributed by atoms with Gasteiger partial charge in [-0.3, -0.25) is 9.59 Å². The highest BCUT2D eigenvalue weighted by Gasteiger charge is 2.09. The number of hydrogen-bond acceptors (Lipinski definition) is 3. The van der Waals surface area contributed by atoms with Crippen LogP contribution in [0.25, 0.3) is 0 Å². The molecule has 0 aromatic carbocycles. The lowest BCUT2D eigenvalue weighted by molar-refractivity contribution is 0.100. The van der Waals surface area contributed by atoms with Crippen molar-refractivity contribution in [2.24, 2.45) is 5.73 Å². The van der Waals surface area contributed by atoms with Gasteiger partial charge in [-0.2, -0.15) is 0 Å². The van der Waals surface area contributed by atoms with Crippen LogP contribution in [0, 0.1) is 5.82 Å². The first kappa shape index (κ1) is 8.25. The summed E-state index contributed by atoms with van der Waals surface area (Å²) in [4.78, 5) is 23.0. The predicted octanol–water partition coefficient (Wildman–Crippen LogP) is -0.805. The van der Waals surface area contributed by atoms with Gasteiger partial charge in [-0.15, -0.1) is 0 Å². The molecule has 1 rings (SSSR count). The van der Waals surface area contributed by atoms with Gasteiger partial charge in [0.2, 0.25) is 0 Å². The molecule has 0 aliphatic rings. The van der Waals surface area contributed by atoms with E-state index in [0.717, 1.165) is 0 Å². The number of anilines is 1. The van der Waals surface area contributed by atoms with Crippen LogP contribution in [0.15, 0.2) is 10.9 Å². The van der Waals surface area contributed by atoms with Crippen LogP contribution in [0.4, 0.5) is 10.2 Å². The minimum atomic E-state index is -1.09. The van der Waals surface area contributed by atoms with E-state index in [2.05, 4.69) is 0 Å². The minimum absolute atomic E-state index is 0.228. The van der Waals surface area contributed by atoms with Crippen molar-refractivity contribution in [2.75, 3.05) is 5.73 Å². The lowest BCUT2D eigenvalue weighted by Crippen LogP contribution is -2.20. The summed E-state index contributed by atoms with van der Waals surface area (Å²) < 4.78 is 12.5. The number of nitrogen functional groups attached to an aromatic ring is 1. The van der Waals surface area contributed by atoms with Crippen LogP contribution in [-0.2, 0) is 0 Å². The first-order chi connectivity index (χ1) is 5.52. The van der Waals surface area contributed by atoms with Crippen LogP contribution in [0.5, 0.6) is 0 Å². The summed E-state index contributed by atoms with van der Waals surface area (Å²) in [6.07, 6.45) is 0. The molecule has 0 radical (unpaired) electrons. The van der Waals surface area contributed by atoms with Gasteiger partial charge >= 0.3 is 0 Å². The zero-order valence-corrected chi connectivity index (χ0v) is 5.93. The van der Waals surface area contributed by atoms with Crippen molar-refractivity contribution in [1.82, 2.24) is 4.98 Å². The van der Waals surface area contributed by atoms with E-state index >= 15 is 0 Å². The number of nitrogens with one attached hydrogen (secondary N) is 1. The molecule has 1 aromatic heterocycles. The minimum Gasteiger partial charge on any atom is -0.385 e. The average molecular weight is 171 g/mol. The Labute approximate surface area is 66.2 Å². The van der Waals surface area contributed by atoms with Crippen molar-refractivity contribution in [1.29, 1.82) is 0 Å². The maximum Gasteiger partial charge on any atom is 0.285 e. The van der Waals surface area contributed by atoms with Gasteiger partial charge in [-0.05, 0) is 6.07 Å². The molecule has 0 saturated heterocycles. The molecule has 1 aromatic rings. The van der Waals surface area contributed by atoms with Crippen molar-refractivity contribution in [2.45, 2.75) is 0 Å². The highest BCUT2D eigenvalue weighted by Crippen LogP contribution is 2.04. The molecule has 0 fully saturated rings. The second kappa shape index (κ2) is 2.65. The maximum absolute atomic E-state index is 12.5. The molecule has 0 saturated carbocycles. The van der Waals surface area contributed by atoms with Gasteiger partial charge < -0.3 is 16.5 Å². The number of aromatic amines is 1. The van der Waals surface area contributed by atoms with E-state index in [9.17, 15) is 14.0 Å². The summed E-state index contributed by atoms with van der Waals surface area (Å²) in [5.41, 5.74) is 8.79. The van der Waals surface area contributed by atoms with Crippen molar-refractivity contribution in [3.8, 4) is 0 Å². The fourth-order valence-corrected chi connectivity index (χ4v) is 0.723. The molecule has 0 atom stereocenters. The number of nitrogens with two attached hydrogens (primary N) is 2. The van der Waals surface area contributed by atoms with Crippen molar-refractivity contribution in [3.05, 3.63) is 27.8 Å². The van der Waals surface area contributed by atoms with Crippen molar-refractivity contribution >= 4 is 11.7 Å². The first-order valence-electron chi connectivity index (χ1n) is 3.00. The number of hydrogen-bond donors (Lipinski definition) is 3. The van der Waals surface area contributed by atoms with Gasteiger partial charge in [0.15, 0.2) is 5.82 Å². The fraction of sp³-hybridized carbons (Fsp3) is 0. The Morgan fingerprint density at radius 2 is 2.17 bits per heavy atom. The maximum atomic E-state index is 12.5. The third-order valence-corrected chi connectivity index (χ3v) is 1.29. The second-order valence-corrected chi connectivity index (χ2v) is 2.14. The molecular formula is C6H6FN3O2. The summed E-state index contributed by atoms with van der Waals surface area (Å²) in [7, 11) is 0. The molecule has 0 aliphatic heterocycles. The summed E-state index contributed by atoms with van der Waals surface area (Å²) in [5.74, 6) is -2.20. The standard InChI is InChI=1S/C6H6FN3O2/c7-3-1-2(5(9)11)4(8)10-6(3)12/h1H,(H2,9,11)(H3,8,10,12). The second-order valence-electron chi connectivity index (χ2n) is 2.14. The average Bonchev–Trinajstić information content (AvgIpc) is 1.96. The molecule has 0 bridgehead atoms.